The Balaban J connectivity index is 2.98. The molecule has 1 aromatic carbocycles. The fourth-order valence-corrected chi connectivity index (χ4v) is 2.19. The van der Waals surface area contributed by atoms with Gasteiger partial charge in [0.1, 0.15) is 0 Å². The minimum absolute atomic E-state index is 0.617. The molecule has 3 nitrogen and oxygen atoms in total. The molecule has 0 aliphatic carbocycles. The third-order valence-electron chi connectivity index (χ3n) is 1.74. The number of nitriles is 1. The fourth-order valence-electron chi connectivity index (χ4n) is 1.11. The van der Waals surface area contributed by atoms with Crippen molar-refractivity contribution in [1.29, 1.82) is 5.26 Å². The molecule has 0 saturated carbocycles. The first kappa shape index (κ1) is 12.9. The van der Waals surface area contributed by atoms with Crippen LogP contribution in [0.2, 0.25) is 0 Å². The third-order valence-corrected chi connectivity index (χ3v) is 3.27. The van der Waals surface area contributed by atoms with Crippen molar-refractivity contribution in [3.05, 3.63) is 24.3 Å². The summed E-state index contributed by atoms with van der Waals surface area (Å²) in [6.07, 6.45) is 3.77. The average Bonchev–Trinajstić information content (AvgIpc) is 2.31. The molecular weight excluding hydrogens is 238 g/mol. The lowest BCUT2D eigenvalue weighted by atomic mass is 10.3. The Morgan fingerprint density at radius 2 is 2.25 bits per heavy atom. The van der Waals surface area contributed by atoms with Gasteiger partial charge in [0.05, 0.1) is 5.69 Å². The monoisotopic (exact) mass is 251 g/mol. The summed E-state index contributed by atoms with van der Waals surface area (Å²) in [7, 11) is 0. The van der Waals surface area contributed by atoms with Gasteiger partial charge in [-0.05, 0) is 24.1 Å². The normalized spacial score (nSPS) is 10.9. The first-order valence-electron chi connectivity index (χ1n) is 4.81. The lowest BCUT2D eigenvalue weighted by Crippen LogP contribution is -2.12. The molecule has 0 aromatic heterocycles. The number of thioether (sulfide) groups is 2. The van der Waals surface area contributed by atoms with E-state index in [1.54, 1.807) is 11.8 Å². The maximum Gasteiger partial charge on any atom is 0.183 e. The highest BCUT2D eigenvalue weighted by atomic mass is 32.2. The van der Waals surface area contributed by atoms with Crippen molar-refractivity contribution in [1.82, 2.24) is 5.32 Å². The fraction of sp³-hybridized carbons (Fsp3) is 0.273. The van der Waals surface area contributed by atoms with Crippen molar-refractivity contribution in [3.63, 3.8) is 0 Å². The van der Waals surface area contributed by atoms with Crippen molar-refractivity contribution >= 4 is 34.4 Å². The topological polar surface area (TPSA) is 48.2 Å². The van der Waals surface area contributed by atoms with E-state index in [2.05, 4.69) is 17.2 Å². The number of nitrogens with one attached hydrogen (secondary N) is 1. The molecule has 0 fully saturated rings. The van der Waals surface area contributed by atoms with Crippen LogP contribution in [0.15, 0.2) is 34.2 Å². The number of rotatable bonds is 3. The van der Waals surface area contributed by atoms with Crippen LogP contribution in [0, 0.1) is 11.5 Å². The summed E-state index contributed by atoms with van der Waals surface area (Å²) in [5.74, 6) is 1.01. The Hall–Kier alpha value is -1.12. The van der Waals surface area contributed by atoms with E-state index >= 15 is 0 Å². The highest BCUT2D eigenvalue weighted by Crippen LogP contribution is 2.29. The number of hydrogen-bond donors (Lipinski definition) is 1. The van der Waals surface area contributed by atoms with Crippen molar-refractivity contribution in [2.45, 2.75) is 11.8 Å². The quantitative estimate of drug-likeness (QED) is 0.294. The van der Waals surface area contributed by atoms with Gasteiger partial charge in [-0.25, -0.2) is 4.99 Å². The second-order valence-electron chi connectivity index (χ2n) is 2.76. The molecule has 0 aliphatic rings. The van der Waals surface area contributed by atoms with Crippen LogP contribution in [0.1, 0.15) is 6.92 Å². The van der Waals surface area contributed by atoms with E-state index in [1.807, 2.05) is 36.7 Å². The van der Waals surface area contributed by atoms with Crippen molar-refractivity contribution in [2.24, 2.45) is 4.99 Å². The van der Waals surface area contributed by atoms with Gasteiger partial charge in [0.25, 0.3) is 0 Å². The number of amidine groups is 1. The molecule has 1 N–H and O–H groups in total. The second-order valence-corrected chi connectivity index (χ2v) is 4.86. The van der Waals surface area contributed by atoms with E-state index in [-0.39, 0.29) is 0 Å². The Bertz CT molecular complexity index is 410. The molecule has 0 aliphatic heterocycles. The summed E-state index contributed by atoms with van der Waals surface area (Å²) in [6, 6.07) is 7.93. The zero-order chi connectivity index (χ0) is 11.8. The molecule has 16 heavy (non-hydrogen) atoms. The first-order chi connectivity index (χ1) is 7.81. The van der Waals surface area contributed by atoms with Crippen LogP contribution in [-0.2, 0) is 0 Å². The van der Waals surface area contributed by atoms with Gasteiger partial charge in [-0.1, -0.05) is 30.8 Å². The van der Waals surface area contributed by atoms with Gasteiger partial charge in [0.15, 0.2) is 11.4 Å². The van der Waals surface area contributed by atoms with Crippen molar-refractivity contribution in [3.8, 4) is 6.19 Å². The molecule has 0 unspecified atom stereocenters. The molecule has 84 valence electrons. The van der Waals surface area contributed by atoms with E-state index in [4.69, 9.17) is 5.26 Å². The zero-order valence-electron chi connectivity index (χ0n) is 9.23. The smallest absolute Gasteiger partial charge is 0.183 e. The summed E-state index contributed by atoms with van der Waals surface area (Å²) in [6.45, 7) is 2.11. The van der Waals surface area contributed by atoms with Gasteiger partial charge in [0, 0.05) is 4.90 Å². The molecular formula is C11H13N3S2. The SMILES string of the molecule is CCSc1ccccc1N=C(NC#N)SC. The van der Waals surface area contributed by atoms with Crippen LogP contribution < -0.4 is 5.32 Å². The predicted octanol–water partition coefficient (Wildman–Crippen LogP) is 3.22. The van der Waals surface area contributed by atoms with Crippen LogP contribution in [0.3, 0.4) is 0 Å². The second kappa shape index (κ2) is 7.20. The number of benzene rings is 1. The highest BCUT2D eigenvalue weighted by molar-refractivity contribution is 8.13. The molecule has 1 rings (SSSR count). The Labute approximate surface area is 104 Å². The minimum atomic E-state index is 0.617. The highest BCUT2D eigenvalue weighted by Gasteiger charge is 2.02. The van der Waals surface area contributed by atoms with Gasteiger partial charge in [-0.3, -0.25) is 5.32 Å². The predicted molar refractivity (Wildman–Crippen MR) is 72.2 cm³/mol. The average molecular weight is 251 g/mol. The Morgan fingerprint density at radius 3 is 2.88 bits per heavy atom. The van der Waals surface area contributed by atoms with Gasteiger partial charge in [0.2, 0.25) is 0 Å². The number of para-hydroxylation sites is 1. The molecule has 0 atom stereocenters. The standard InChI is InChI=1S/C11H13N3S2/c1-3-16-10-7-5-4-6-9(10)14-11(15-2)13-8-12/h4-7H,3H2,1-2H3,(H,13,14). The number of nitrogens with zero attached hydrogens (tertiary/aromatic N) is 2. The van der Waals surface area contributed by atoms with Crippen LogP contribution in [0.4, 0.5) is 5.69 Å². The van der Waals surface area contributed by atoms with Crippen LogP contribution in [0.25, 0.3) is 0 Å². The largest absolute Gasteiger partial charge is 0.271 e. The summed E-state index contributed by atoms with van der Waals surface area (Å²) in [5, 5.41) is 11.7. The van der Waals surface area contributed by atoms with Gasteiger partial charge >= 0.3 is 0 Å². The molecule has 0 radical (unpaired) electrons. The molecule has 0 bridgehead atoms. The Kier molecular flexibility index (Phi) is 5.83. The minimum Gasteiger partial charge on any atom is -0.271 e. The molecule has 5 heteroatoms. The van der Waals surface area contributed by atoms with E-state index in [0.29, 0.717) is 5.17 Å². The summed E-state index contributed by atoms with van der Waals surface area (Å²) >= 11 is 3.17. The molecule has 0 amide bonds. The van der Waals surface area contributed by atoms with Crippen LogP contribution in [0.5, 0.6) is 0 Å². The Morgan fingerprint density at radius 1 is 1.50 bits per heavy atom. The van der Waals surface area contributed by atoms with E-state index in [9.17, 15) is 0 Å². The van der Waals surface area contributed by atoms with Crippen molar-refractivity contribution < 1.29 is 0 Å². The maximum atomic E-state index is 8.56. The summed E-state index contributed by atoms with van der Waals surface area (Å²) < 4.78 is 0. The molecule has 0 spiro atoms. The van der Waals surface area contributed by atoms with Gasteiger partial charge < -0.3 is 0 Å². The molecule has 0 saturated heterocycles. The van der Waals surface area contributed by atoms with Gasteiger partial charge in [-0.2, -0.15) is 5.26 Å². The zero-order valence-corrected chi connectivity index (χ0v) is 10.9. The maximum absolute atomic E-state index is 8.56. The number of aliphatic imine (C=N–C) groups is 1. The third kappa shape index (κ3) is 3.80. The van der Waals surface area contributed by atoms with E-state index in [1.165, 1.54) is 11.8 Å². The van der Waals surface area contributed by atoms with E-state index in [0.717, 1.165) is 16.3 Å². The lowest BCUT2D eigenvalue weighted by Gasteiger charge is -2.05. The summed E-state index contributed by atoms with van der Waals surface area (Å²) in [5.41, 5.74) is 0.904. The van der Waals surface area contributed by atoms with Crippen LogP contribution >= 0.6 is 23.5 Å². The number of hydrogen-bond acceptors (Lipinski definition) is 4. The lowest BCUT2D eigenvalue weighted by molar-refractivity contribution is 1.26. The first-order valence-corrected chi connectivity index (χ1v) is 7.02. The summed E-state index contributed by atoms with van der Waals surface area (Å²) in [4.78, 5) is 5.55. The van der Waals surface area contributed by atoms with E-state index < -0.39 is 0 Å². The van der Waals surface area contributed by atoms with Gasteiger partial charge in [-0.15, -0.1) is 11.8 Å². The van der Waals surface area contributed by atoms with Crippen molar-refractivity contribution in [2.75, 3.05) is 12.0 Å². The van der Waals surface area contributed by atoms with Crippen LogP contribution in [-0.4, -0.2) is 17.2 Å². The molecule has 0 heterocycles. The molecule has 1 aromatic rings.